The lowest BCUT2D eigenvalue weighted by Gasteiger charge is -2.36. The molecule has 148 valence electrons. The molecule has 0 spiro atoms. The Balaban J connectivity index is 1.40. The maximum absolute atomic E-state index is 12.8. The Labute approximate surface area is 167 Å². The number of hydrogen-bond donors (Lipinski definition) is 0. The number of amides is 1. The van der Waals surface area contributed by atoms with Crippen LogP contribution in [0.4, 0.5) is 11.6 Å². The summed E-state index contributed by atoms with van der Waals surface area (Å²) in [6.07, 6.45) is 5.45. The predicted molar refractivity (Wildman–Crippen MR) is 112 cm³/mol. The summed E-state index contributed by atoms with van der Waals surface area (Å²) in [6, 6.07) is 8.07. The van der Waals surface area contributed by atoms with Gasteiger partial charge in [-0.3, -0.25) is 4.79 Å². The van der Waals surface area contributed by atoms with Crippen molar-refractivity contribution in [3.05, 3.63) is 47.3 Å². The summed E-state index contributed by atoms with van der Waals surface area (Å²) in [4.78, 5) is 28.4. The third-order valence-corrected chi connectivity index (χ3v) is 5.96. The molecule has 0 unspecified atom stereocenters. The van der Waals surface area contributed by atoms with E-state index < -0.39 is 0 Å². The first kappa shape index (κ1) is 18.7. The highest BCUT2D eigenvalue weighted by Gasteiger charge is 2.24. The fraction of sp³-hybridized carbons (Fsp3) is 0.500. The molecule has 0 bridgehead atoms. The van der Waals surface area contributed by atoms with Crippen molar-refractivity contribution in [2.45, 2.75) is 33.1 Å². The Kier molecular flexibility index (Phi) is 5.46. The molecule has 2 fully saturated rings. The Hall–Kier alpha value is -2.63. The number of nitrogens with zero attached hydrogens (tertiary/aromatic N) is 5. The van der Waals surface area contributed by atoms with E-state index in [0.717, 1.165) is 62.0 Å². The van der Waals surface area contributed by atoms with Gasteiger partial charge in [-0.15, -0.1) is 0 Å². The number of piperazine rings is 1. The minimum atomic E-state index is 0.124. The molecule has 0 N–H and O–H groups in total. The van der Waals surface area contributed by atoms with Crippen LogP contribution in [-0.2, 0) is 0 Å². The number of carbonyl (C=O) groups excluding carboxylic acids is 1. The summed E-state index contributed by atoms with van der Waals surface area (Å²) in [6.45, 7) is 9.31. The van der Waals surface area contributed by atoms with E-state index in [0.29, 0.717) is 0 Å². The smallest absolute Gasteiger partial charge is 0.253 e. The van der Waals surface area contributed by atoms with Crippen LogP contribution in [0.25, 0.3) is 0 Å². The number of anilines is 2. The quantitative estimate of drug-likeness (QED) is 0.820. The second kappa shape index (κ2) is 8.17. The van der Waals surface area contributed by atoms with E-state index in [1.165, 1.54) is 24.8 Å². The van der Waals surface area contributed by atoms with Gasteiger partial charge >= 0.3 is 0 Å². The molecule has 2 aromatic rings. The first-order chi connectivity index (χ1) is 13.6. The molecule has 2 aliphatic rings. The molecule has 0 saturated carbocycles. The molecule has 4 rings (SSSR count). The molecule has 1 aromatic heterocycles. The predicted octanol–water partition coefficient (Wildman–Crippen LogP) is 3.05. The van der Waals surface area contributed by atoms with Crippen LogP contribution in [0.5, 0.6) is 0 Å². The second-order valence-corrected chi connectivity index (χ2v) is 7.86. The molecule has 3 heterocycles. The van der Waals surface area contributed by atoms with Crippen molar-refractivity contribution in [3.8, 4) is 0 Å². The fourth-order valence-electron chi connectivity index (χ4n) is 4.00. The van der Waals surface area contributed by atoms with Crippen molar-refractivity contribution in [1.29, 1.82) is 0 Å². The zero-order valence-electron chi connectivity index (χ0n) is 16.9. The number of rotatable bonds is 3. The van der Waals surface area contributed by atoms with Gasteiger partial charge < -0.3 is 14.7 Å². The van der Waals surface area contributed by atoms with Crippen LogP contribution in [0.3, 0.4) is 0 Å². The highest BCUT2D eigenvalue weighted by molar-refractivity contribution is 5.94. The second-order valence-electron chi connectivity index (χ2n) is 7.86. The Bertz CT molecular complexity index is 839. The third-order valence-electron chi connectivity index (χ3n) is 5.96. The summed E-state index contributed by atoms with van der Waals surface area (Å²) in [5.74, 6) is 2.12. The number of aromatic nitrogens is 2. The van der Waals surface area contributed by atoms with Crippen LogP contribution in [0.15, 0.2) is 30.6 Å². The minimum Gasteiger partial charge on any atom is -0.356 e. The van der Waals surface area contributed by atoms with Crippen molar-refractivity contribution >= 4 is 17.5 Å². The zero-order chi connectivity index (χ0) is 19.5. The first-order valence-electron chi connectivity index (χ1n) is 10.3. The maximum atomic E-state index is 12.8. The molecule has 2 aliphatic heterocycles. The third kappa shape index (κ3) is 3.96. The number of piperidine rings is 1. The van der Waals surface area contributed by atoms with Gasteiger partial charge in [0, 0.05) is 50.9 Å². The fourth-order valence-corrected chi connectivity index (χ4v) is 4.00. The average Bonchev–Trinajstić information content (AvgIpc) is 2.76. The van der Waals surface area contributed by atoms with Gasteiger partial charge in [-0.1, -0.05) is 6.07 Å². The lowest BCUT2D eigenvalue weighted by molar-refractivity contribution is 0.0746. The highest BCUT2D eigenvalue weighted by Crippen LogP contribution is 2.22. The van der Waals surface area contributed by atoms with Gasteiger partial charge in [0.2, 0.25) is 0 Å². The van der Waals surface area contributed by atoms with Gasteiger partial charge in [0.05, 0.1) is 0 Å². The Morgan fingerprint density at radius 1 is 0.786 bits per heavy atom. The summed E-state index contributed by atoms with van der Waals surface area (Å²) >= 11 is 0. The van der Waals surface area contributed by atoms with Crippen LogP contribution in [0, 0.1) is 13.8 Å². The Morgan fingerprint density at radius 2 is 1.43 bits per heavy atom. The molecule has 2 saturated heterocycles. The van der Waals surface area contributed by atoms with E-state index in [4.69, 9.17) is 0 Å². The number of benzene rings is 1. The summed E-state index contributed by atoms with van der Waals surface area (Å²) < 4.78 is 0. The van der Waals surface area contributed by atoms with Crippen LogP contribution in [0.1, 0.15) is 40.7 Å². The normalized spacial score (nSPS) is 17.7. The Morgan fingerprint density at radius 3 is 2.07 bits per heavy atom. The van der Waals surface area contributed by atoms with E-state index in [-0.39, 0.29) is 5.91 Å². The van der Waals surface area contributed by atoms with Gasteiger partial charge in [-0.25, -0.2) is 9.97 Å². The molecular weight excluding hydrogens is 350 g/mol. The molecule has 1 aromatic carbocycles. The standard InChI is InChI=1S/C22H29N5O/c1-17-6-7-19(14-18(17)2)22(28)27-12-10-26(11-13-27)21-15-20(23-16-24-21)25-8-4-3-5-9-25/h6-7,14-16H,3-5,8-13H2,1-2H3. The molecular formula is C22H29N5O. The molecule has 0 radical (unpaired) electrons. The maximum Gasteiger partial charge on any atom is 0.253 e. The minimum absolute atomic E-state index is 0.124. The van der Waals surface area contributed by atoms with Crippen molar-refractivity contribution in [3.63, 3.8) is 0 Å². The van der Waals surface area contributed by atoms with Crippen molar-refractivity contribution in [1.82, 2.24) is 14.9 Å². The first-order valence-corrected chi connectivity index (χ1v) is 10.3. The van der Waals surface area contributed by atoms with Crippen LogP contribution in [0.2, 0.25) is 0 Å². The molecule has 1 amide bonds. The molecule has 28 heavy (non-hydrogen) atoms. The van der Waals surface area contributed by atoms with E-state index in [9.17, 15) is 4.79 Å². The van der Waals surface area contributed by atoms with E-state index in [2.05, 4.69) is 39.7 Å². The SMILES string of the molecule is Cc1ccc(C(=O)N2CCN(c3cc(N4CCCCC4)ncn3)CC2)cc1C. The van der Waals surface area contributed by atoms with Gasteiger partial charge in [-0.2, -0.15) is 0 Å². The number of aryl methyl sites for hydroxylation is 2. The van der Waals surface area contributed by atoms with Gasteiger partial charge in [0.1, 0.15) is 18.0 Å². The summed E-state index contributed by atoms with van der Waals surface area (Å²) in [5.41, 5.74) is 3.16. The van der Waals surface area contributed by atoms with E-state index in [1.807, 2.05) is 23.1 Å². The lowest BCUT2D eigenvalue weighted by atomic mass is 10.1. The van der Waals surface area contributed by atoms with Gasteiger partial charge in [-0.05, 0) is 56.4 Å². The zero-order valence-corrected chi connectivity index (χ0v) is 16.9. The van der Waals surface area contributed by atoms with Crippen molar-refractivity contribution in [2.24, 2.45) is 0 Å². The molecule has 0 aliphatic carbocycles. The van der Waals surface area contributed by atoms with E-state index >= 15 is 0 Å². The van der Waals surface area contributed by atoms with Crippen LogP contribution in [-0.4, -0.2) is 60.0 Å². The number of carbonyl (C=O) groups is 1. The van der Waals surface area contributed by atoms with Crippen molar-refractivity contribution in [2.75, 3.05) is 49.1 Å². The topological polar surface area (TPSA) is 52.6 Å². The van der Waals surface area contributed by atoms with Crippen LogP contribution < -0.4 is 9.80 Å². The largest absolute Gasteiger partial charge is 0.356 e. The summed E-state index contributed by atoms with van der Waals surface area (Å²) in [5, 5.41) is 0. The lowest BCUT2D eigenvalue weighted by Crippen LogP contribution is -2.49. The molecule has 0 atom stereocenters. The number of hydrogen-bond acceptors (Lipinski definition) is 5. The van der Waals surface area contributed by atoms with Gasteiger partial charge in [0.15, 0.2) is 0 Å². The monoisotopic (exact) mass is 379 g/mol. The van der Waals surface area contributed by atoms with Crippen LogP contribution >= 0.6 is 0 Å². The van der Waals surface area contributed by atoms with Gasteiger partial charge in [0.25, 0.3) is 5.91 Å². The average molecular weight is 380 g/mol. The highest BCUT2D eigenvalue weighted by atomic mass is 16.2. The van der Waals surface area contributed by atoms with E-state index in [1.54, 1.807) is 6.33 Å². The van der Waals surface area contributed by atoms with Crippen molar-refractivity contribution < 1.29 is 4.79 Å². The summed E-state index contributed by atoms with van der Waals surface area (Å²) in [7, 11) is 0. The molecule has 6 heteroatoms. The molecule has 6 nitrogen and oxygen atoms in total.